The fraction of sp³-hybridized carbons (Fsp3) is 0.471. The van der Waals surface area contributed by atoms with Crippen molar-refractivity contribution in [3.05, 3.63) is 47.3 Å². The molecule has 3 heteroatoms. The first-order valence-corrected chi connectivity index (χ1v) is 7.05. The summed E-state index contributed by atoms with van der Waals surface area (Å²) >= 11 is 0. The number of carbonyl (C=O) groups excluding carboxylic acids is 1. The number of halogens is 1. The van der Waals surface area contributed by atoms with Crippen molar-refractivity contribution >= 4 is 5.97 Å². The van der Waals surface area contributed by atoms with E-state index in [-0.39, 0.29) is 11.7 Å². The highest BCUT2D eigenvalue weighted by Gasteiger charge is 2.45. The molecule has 1 aromatic carbocycles. The molecule has 0 aliphatic heterocycles. The van der Waals surface area contributed by atoms with Crippen molar-refractivity contribution in [1.82, 2.24) is 0 Å². The Labute approximate surface area is 119 Å². The first-order valence-electron chi connectivity index (χ1n) is 7.05. The Morgan fingerprint density at radius 3 is 2.75 bits per heavy atom. The lowest BCUT2D eigenvalue weighted by molar-refractivity contribution is -0.164. The molecule has 2 rings (SSSR count). The van der Waals surface area contributed by atoms with Crippen LogP contribution in [0.4, 0.5) is 4.39 Å². The maximum absolute atomic E-state index is 14.4. The second-order valence-electron chi connectivity index (χ2n) is 5.84. The molecule has 0 N–H and O–H groups in total. The summed E-state index contributed by atoms with van der Waals surface area (Å²) < 4.78 is 20.1. The quantitative estimate of drug-likeness (QED) is 0.613. The summed E-state index contributed by atoms with van der Waals surface area (Å²) in [5.74, 6) is -0.734. The van der Waals surface area contributed by atoms with Crippen molar-refractivity contribution in [2.24, 2.45) is 5.92 Å². The molecule has 2 nitrogen and oxygen atoms in total. The van der Waals surface area contributed by atoms with Crippen LogP contribution in [0.2, 0.25) is 0 Å². The van der Waals surface area contributed by atoms with Crippen molar-refractivity contribution in [3.63, 3.8) is 0 Å². The van der Waals surface area contributed by atoms with E-state index in [1.54, 1.807) is 13.0 Å². The molecule has 0 amide bonds. The molecule has 0 saturated heterocycles. The normalized spacial score (nSPS) is 21.4. The van der Waals surface area contributed by atoms with E-state index in [1.807, 2.05) is 19.9 Å². The molecule has 0 fully saturated rings. The van der Waals surface area contributed by atoms with Crippen LogP contribution < -0.4 is 0 Å². The molecule has 1 unspecified atom stereocenters. The fourth-order valence-electron chi connectivity index (χ4n) is 2.97. The Morgan fingerprint density at radius 1 is 1.45 bits per heavy atom. The Balaban J connectivity index is 2.56. The Morgan fingerprint density at radius 2 is 2.15 bits per heavy atom. The summed E-state index contributed by atoms with van der Waals surface area (Å²) in [4.78, 5) is 12.0. The molecule has 0 heterocycles. The molecular weight excluding hydrogens is 255 g/mol. The Kier molecular flexibility index (Phi) is 3.98. The molecular formula is C17H21FO2. The summed E-state index contributed by atoms with van der Waals surface area (Å²) in [6.07, 6.45) is 2.36. The van der Waals surface area contributed by atoms with Crippen LogP contribution in [0.5, 0.6) is 0 Å². The summed E-state index contributed by atoms with van der Waals surface area (Å²) in [6.45, 7) is 9.16. The van der Waals surface area contributed by atoms with Crippen molar-refractivity contribution < 1.29 is 13.9 Å². The first kappa shape index (κ1) is 14.8. The summed E-state index contributed by atoms with van der Waals surface area (Å²) in [6, 6.07) is 5.07. The minimum atomic E-state index is -0.880. The van der Waals surface area contributed by atoms with Gasteiger partial charge in [0.15, 0.2) is 0 Å². The second-order valence-corrected chi connectivity index (χ2v) is 5.84. The van der Waals surface area contributed by atoms with Gasteiger partial charge in [0, 0.05) is 11.1 Å². The maximum Gasteiger partial charge on any atom is 0.334 e. The summed E-state index contributed by atoms with van der Waals surface area (Å²) in [5.41, 5.74) is 0.957. The van der Waals surface area contributed by atoms with Crippen molar-refractivity contribution in [3.8, 4) is 0 Å². The monoisotopic (exact) mass is 276 g/mol. The van der Waals surface area contributed by atoms with E-state index >= 15 is 0 Å². The van der Waals surface area contributed by atoms with Crippen LogP contribution in [0, 0.1) is 11.7 Å². The molecule has 1 aromatic rings. The zero-order valence-corrected chi connectivity index (χ0v) is 12.3. The molecule has 1 aliphatic carbocycles. The molecule has 0 radical (unpaired) electrons. The van der Waals surface area contributed by atoms with E-state index in [0.717, 1.165) is 18.4 Å². The average Bonchev–Trinajstić information content (AvgIpc) is 2.38. The van der Waals surface area contributed by atoms with Gasteiger partial charge in [-0.05, 0) is 43.7 Å². The van der Waals surface area contributed by atoms with Gasteiger partial charge in [0.25, 0.3) is 0 Å². The average molecular weight is 276 g/mol. The second kappa shape index (κ2) is 5.39. The maximum atomic E-state index is 14.4. The van der Waals surface area contributed by atoms with Crippen LogP contribution in [0.3, 0.4) is 0 Å². The van der Waals surface area contributed by atoms with Crippen LogP contribution in [0.25, 0.3) is 0 Å². The first-order chi connectivity index (χ1) is 9.38. The lowest BCUT2D eigenvalue weighted by Crippen LogP contribution is -2.41. The van der Waals surface area contributed by atoms with Gasteiger partial charge in [-0.25, -0.2) is 9.18 Å². The lowest BCUT2D eigenvalue weighted by Gasteiger charge is -2.42. The molecule has 1 atom stereocenters. The van der Waals surface area contributed by atoms with Gasteiger partial charge in [-0.3, -0.25) is 0 Å². The van der Waals surface area contributed by atoms with E-state index in [4.69, 9.17) is 4.74 Å². The van der Waals surface area contributed by atoms with E-state index in [0.29, 0.717) is 17.6 Å². The van der Waals surface area contributed by atoms with Gasteiger partial charge in [-0.2, -0.15) is 0 Å². The SMILES string of the molecule is C=C(C)C(=O)OC1(C(C)C)CCCc2cccc(F)c21. The molecule has 0 spiro atoms. The van der Waals surface area contributed by atoms with Crippen LogP contribution in [0.15, 0.2) is 30.4 Å². The highest BCUT2D eigenvalue weighted by Crippen LogP contribution is 2.45. The summed E-state index contributed by atoms with van der Waals surface area (Å²) in [7, 11) is 0. The van der Waals surface area contributed by atoms with Crippen LogP contribution >= 0.6 is 0 Å². The highest BCUT2D eigenvalue weighted by atomic mass is 19.1. The van der Waals surface area contributed by atoms with Gasteiger partial charge in [0.05, 0.1) is 0 Å². The number of carbonyl (C=O) groups is 1. The fourth-order valence-corrected chi connectivity index (χ4v) is 2.97. The standard InChI is InChI=1S/C17H21FO2/c1-11(2)16(19)20-17(12(3)4)10-6-8-13-7-5-9-14(18)15(13)17/h5,7,9,12H,1,6,8,10H2,2-4H3. The predicted molar refractivity (Wildman–Crippen MR) is 76.8 cm³/mol. The topological polar surface area (TPSA) is 26.3 Å². The number of esters is 1. The largest absolute Gasteiger partial charge is 0.450 e. The van der Waals surface area contributed by atoms with E-state index < -0.39 is 11.6 Å². The van der Waals surface area contributed by atoms with Gasteiger partial charge in [0.1, 0.15) is 11.4 Å². The predicted octanol–water partition coefficient (Wildman–Crippen LogP) is 4.13. The van der Waals surface area contributed by atoms with Crippen molar-refractivity contribution in [2.75, 3.05) is 0 Å². The third-order valence-corrected chi connectivity index (χ3v) is 4.07. The Hall–Kier alpha value is -1.64. The lowest BCUT2D eigenvalue weighted by atomic mass is 9.72. The number of hydrogen-bond acceptors (Lipinski definition) is 2. The van der Waals surface area contributed by atoms with Crippen molar-refractivity contribution in [1.29, 1.82) is 0 Å². The van der Waals surface area contributed by atoms with Gasteiger partial charge in [-0.15, -0.1) is 0 Å². The van der Waals surface area contributed by atoms with Gasteiger partial charge in [-0.1, -0.05) is 32.6 Å². The Bertz CT molecular complexity index is 548. The zero-order chi connectivity index (χ0) is 14.9. The number of hydrogen-bond donors (Lipinski definition) is 0. The van der Waals surface area contributed by atoms with E-state index in [1.165, 1.54) is 6.07 Å². The van der Waals surface area contributed by atoms with Gasteiger partial charge < -0.3 is 4.74 Å². The molecule has 0 aromatic heterocycles. The summed E-state index contributed by atoms with van der Waals surface area (Å²) in [5, 5.41) is 0. The van der Waals surface area contributed by atoms with Crippen LogP contribution in [0.1, 0.15) is 44.7 Å². The zero-order valence-electron chi connectivity index (χ0n) is 12.3. The highest BCUT2D eigenvalue weighted by molar-refractivity contribution is 5.87. The molecule has 1 aliphatic rings. The van der Waals surface area contributed by atoms with E-state index in [9.17, 15) is 9.18 Å². The third-order valence-electron chi connectivity index (χ3n) is 4.07. The number of ether oxygens (including phenoxy) is 1. The molecule has 0 bridgehead atoms. The minimum Gasteiger partial charge on any atom is -0.450 e. The molecule has 108 valence electrons. The van der Waals surface area contributed by atoms with E-state index in [2.05, 4.69) is 6.58 Å². The molecule has 20 heavy (non-hydrogen) atoms. The number of aryl methyl sites for hydroxylation is 1. The van der Waals surface area contributed by atoms with Crippen molar-refractivity contribution in [2.45, 2.75) is 45.6 Å². The number of benzene rings is 1. The van der Waals surface area contributed by atoms with Crippen LogP contribution in [-0.2, 0) is 21.6 Å². The number of fused-ring (bicyclic) bond motifs is 1. The van der Waals surface area contributed by atoms with Gasteiger partial charge in [0.2, 0.25) is 0 Å². The number of rotatable bonds is 3. The van der Waals surface area contributed by atoms with Gasteiger partial charge >= 0.3 is 5.97 Å². The minimum absolute atomic E-state index is 0.00162. The smallest absolute Gasteiger partial charge is 0.334 e. The molecule has 0 saturated carbocycles. The van der Waals surface area contributed by atoms with Crippen LogP contribution in [-0.4, -0.2) is 5.97 Å². The third kappa shape index (κ3) is 2.37.